The van der Waals surface area contributed by atoms with E-state index in [0.29, 0.717) is 47.9 Å². The van der Waals surface area contributed by atoms with Crippen LogP contribution in [0.15, 0.2) is 55.0 Å². The molecule has 35 heavy (non-hydrogen) atoms. The second-order valence-corrected chi connectivity index (χ2v) is 10.3. The second-order valence-electron chi connectivity index (χ2n) is 8.60. The molecule has 1 aliphatic carbocycles. The van der Waals surface area contributed by atoms with Gasteiger partial charge in [0.1, 0.15) is 5.69 Å². The highest BCUT2D eigenvalue weighted by Crippen LogP contribution is 2.32. The third kappa shape index (κ3) is 6.86. The Kier molecular flexibility index (Phi) is 7.82. The number of carbonyl (C=O) groups excluding carboxylic acids is 1. The number of benzene rings is 1. The van der Waals surface area contributed by atoms with Crippen LogP contribution in [0.3, 0.4) is 0 Å². The zero-order valence-electron chi connectivity index (χ0n) is 18.7. The molecule has 0 radical (unpaired) electrons. The molecule has 0 saturated heterocycles. The smallest absolute Gasteiger partial charge is 0.333 e. The predicted molar refractivity (Wildman–Crippen MR) is 130 cm³/mol. The van der Waals surface area contributed by atoms with Crippen LogP contribution in [-0.4, -0.2) is 53.3 Å². The molecular formula is C23H26ClN5O5S. The summed E-state index contributed by atoms with van der Waals surface area (Å²) in [7, 11) is -4.05. The molecule has 10 nitrogen and oxygen atoms in total. The number of carbonyl (C=O) groups is 1. The molecule has 0 unspecified atom stereocenters. The standard InChI is InChI=1S/C23H26ClN5O5S/c24-18-3-1-2-15(9-18)13-29-7-5-21(28-29)23(31)19-12-26-6-4-20(19)27-11-16-8-17(22(30)10-16)14-34-35(25,32)33/h1-7,9,12,16-17,22,30H,8,10-11,13-14H2,(H,26,27)(H2,25,32,33)/t16-,17-,22+/m1/s1. The number of hydrogen-bond acceptors (Lipinski definition) is 8. The van der Waals surface area contributed by atoms with Gasteiger partial charge in [-0.05, 0) is 48.6 Å². The van der Waals surface area contributed by atoms with Gasteiger partial charge in [-0.15, -0.1) is 0 Å². The van der Waals surface area contributed by atoms with Crippen molar-refractivity contribution in [1.29, 1.82) is 0 Å². The molecule has 186 valence electrons. The van der Waals surface area contributed by atoms with Gasteiger partial charge in [0.25, 0.3) is 0 Å². The van der Waals surface area contributed by atoms with Gasteiger partial charge in [-0.1, -0.05) is 23.7 Å². The number of nitrogens with two attached hydrogens (primary N) is 1. The fourth-order valence-corrected chi connectivity index (χ4v) is 4.84. The molecule has 0 aliphatic heterocycles. The van der Waals surface area contributed by atoms with E-state index in [0.717, 1.165) is 5.56 Å². The van der Waals surface area contributed by atoms with E-state index < -0.39 is 16.4 Å². The van der Waals surface area contributed by atoms with Gasteiger partial charge in [0.2, 0.25) is 5.78 Å². The number of nitrogens with zero attached hydrogens (tertiary/aromatic N) is 3. The summed E-state index contributed by atoms with van der Waals surface area (Å²) >= 11 is 6.04. The van der Waals surface area contributed by atoms with Crippen LogP contribution in [0.2, 0.25) is 5.02 Å². The number of nitrogens with one attached hydrogen (secondary N) is 1. The minimum atomic E-state index is -4.05. The maximum Gasteiger partial charge on any atom is 0.333 e. The summed E-state index contributed by atoms with van der Waals surface area (Å²) in [6, 6.07) is 10.8. The van der Waals surface area contributed by atoms with Crippen molar-refractivity contribution < 1.29 is 22.5 Å². The van der Waals surface area contributed by atoms with E-state index >= 15 is 0 Å². The van der Waals surface area contributed by atoms with Gasteiger partial charge in [0.05, 0.1) is 24.8 Å². The maximum absolute atomic E-state index is 13.2. The fraction of sp³-hybridized carbons (Fsp3) is 0.348. The van der Waals surface area contributed by atoms with Crippen LogP contribution in [0.1, 0.15) is 34.5 Å². The molecule has 12 heteroatoms. The first-order valence-electron chi connectivity index (χ1n) is 11.0. The van der Waals surface area contributed by atoms with Crippen LogP contribution in [0.4, 0.5) is 5.69 Å². The van der Waals surface area contributed by atoms with Crippen molar-refractivity contribution in [1.82, 2.24) is 14.8 Å². The lowest BCUT2D eigenvalue weighted by Crippen LogP contribution is -2.24. The van der Waals surface area contributed by atoms with Crippen molar-refractivity contribution in [2.45, 2.75) is 25.5 Å². The van der Waals surface area contributed by atoms with E-state index in [9.17, 15) is 18.3 Å². The van der Waals surface area contributed by atoms with E-state index in [4.69, 9.17) is 16.7 Å². The van der Waals surface area contributed by atoms with E-state index in [1.807, 2.05) is 18.2 Å². The maximum atomic E-state index is 13.2. The van der Waals surface area contributed by atoms with E-state index in [1.165, 1.54) is 6.20 Å². The average Bonchev–Trinajstić information content (AvgIpc) is 3.42. The fourth-order valence-electron chi connectivity index (χ4n) is 4.26. The van der Waals surface area contributed by atoms with Crippen LogP contribution in [0, 0.1) is 11.8 Å². The Morgan fingerprint density at radius 3 is 2.89 bits per heavy atom. The number of halogens is 1. The Balaban J connectivity index is 1.39. The molecule has 1 aromatic carbocycles. The lowest BCUT2D eigenvalue weighted by atomic mass is 10.0. The summed E-state index contributed by atoms with van der Waals surface area (Å²) in [6.07, 6.45) is 5.17. The first kappa shape index (κ1) is 25.3. The Labute approximate surface area is 208 Å². The first-order chi connectivity index (χ1) is 16.7. The second kappa shape index (κ2) is 10.8. The molecule has 0 spiro atoms. The Bertz CT molecular complexity index is 1300. The minimum Gasteiger partial charge on any atom is -0.393 e. The van der Waals surface area contributed by atoms with Crippen LogP contribution in [0.5, 0.6) is 0 Å². The highest BCUT2D eigenvalue weighted by Gasteiger charge is 2.34. The van der Waals surface area contributed by atoms with Crippen molar-refractivity contribution in [3.63, 3.8) is 0 Å². The van der Waals surface area contributed by atoms with E-state index in [-0.39, 0.29) is 24.2 Å². The molecule has 1 fully saturated rings. The van der Waals surface area contributed by atoms with Crippen molar-refractivity contribution in [2.24, 2.45) is 17.0 Å². The summed E-state index contributed by atoms with van der Waals surface area (Å²) < 4.78 is 28.4. The molecule has 3 aromatic rings. The number of aromatic nitrogens is 3. The molecule has 2 heterocycles. The van der Waals surface area contributed by atoms with E-state index in [1.54, 1.807) is 35.3 Å². The number of ketones is 1. The van der Waals surface area contributed by atoms with Crippen molar-refractivity contribution in [2.75, 3.05) is 18.5 Å². The van der Waals surface area contributed by atoms with Crippen LogP contribution in [0.25, 0.3) is 0 Å². The molecule has 1 saturated carbocycles. The molecule has 4 rings (SSSR count). The zero-order chi connectivity index (χ0) is 25.0. The van der Waals surface area contributed by atoms with E-state index in [2.05, 4.69) is 19.6 Å². The zero-order valence-corrected chi connectivity index (χ0v) is 20.3. The summed E-state index contributed by atoms with van der Waals surface area (Å²) in [5, 5.41) is 23.4. The topological polar surface area (TPSA) is 149 Å². The van der Waals surface area contributed by atoms with Crippen molar-refractivity contribution in [3.8, 4) is 0 Å². The molecule has 2 aromatic heterocycles. The van der Waals surface area contributed by atoms with Gasteiger partial charge in [-0.25, -0.2) is 5.14 Å². The SMILES string of the molecule is NS(=O)(=O)OC[C@H]1C[C@@H](CNc2ccncc2C(=O)c2ccn(Cc3cccc(Cl)c3)n2)C[C@@H]1O. The number of pyridine rings is 1. The number of hydrogen-bond donors (Lipinski definition) is 3. The highest BCUT2D eigenvalue weighted by molar-refractivity contribution is 7.84. The Morgan fingerprint density at radius 2 is 2.11 bits per heavy atom. The van der Waals surface area contributed by atoms with Gasteiger partial charge >= 0.3 is 10.3 Å². The Hall–Kier alpha value is -2.83. The number of anilines is 1. The quantitative estimate of drug-likeness (QED) is 0.345. The lowest BCUT2D eigenvalue weighted by molar-refractivity contribution is 0.100. The van der Waals surface area contributed by atoms with Crippen molar-refractivity contribution in [3.05, 3.63) is 76.8 Å². The molecule has 0 bridgehead atoms. The molecule has 3 atom stereocenters. The normalized spacial score (nSPS) is 20.1. The molecule has 1 aliphatic rings. The summed E-state index contributed by atoms with van der Waals surface area (Å²) in [6.45, 7) is 0.802. The largest absolute Gasteiger partial charge is 0.393 e. The van der Waals surface area contributed by atoms with Gasteiger partial charge in [0.15, 0.2) is 0 Å². The number of rotatable bonds is 10. The number of aliphatic hydroxyl groups is 1. The Morgan fingerprint density at radius 1 is 1.29 bits per heavy atom. The van der Waals surface area contributed by atoms with Gasteiger partial charge in [0, 0.05) is 41.8 Å². The monoisotopic (exact) mass is 519 g/mol. The summed E-state index contributed by atoms with van der Waals surface area (Å²) in [4.78, 5) is 17.3. The predicted octanol–water partition coefficient (Wildman–Crippen LogP) is 2.23. The highest BCUT2D eigenvalue weighted by atomic mass is 35.5. The summed E-state index contributed by atoms with van der Waals surface area (Å²) in [5.74, 6) is -0.537. The third-order valence-electron chi connectivity index (χ3n) is 5.96. The van der Waals surface area contributed by atoms with Crippen molar-refractivity contribution >= 4 is 33.4 Å². The minimum absolute atomic E-state index is 0.0621. The van der Waals surface area contributed by atoms with Gasteiger partial charge in [-0.3, -0.25) is 18.6 Å². The average molecular weight is 520 g/mol. The number of aliphatic hydroxyl groups excluding tert-OH is 1. The van der Waals surface area contributed by atoms with Crippen LogP contribution in [-0.2, 0) is 21.0 Å². The third-order valence-corrected chi connectivity index (χ3v) is 6.65. The van der Waals surface area contributed by atoms with Gasteiger partial charge in [-0.2, -0.15) is 13.5 Å². The summed E-state index contributed by atoms with van der Waals surface area (Å²) in [5.41, 5.74) is 2.25. The molecule has 0 amide bonds. The molecular weight excluding hydrogens is 494 g/mol. The van der Waals surface area contributed by atoms with Crippen LogP contribution >= 0.6 is 11.6 Å². The van der Waals surface area contributed by atoms with Gasteiger partial charge < -0.3 is 10.4 Å². The lowest BCUT2D eigenvalue weighted by Gasteiger charge is -2.15. The first-order valence-corrected chi connectivity index (χ1v) is 12.9. The molecule has 4 N–H and O–H groups in total. The van der Waals surface area contributed by atoms with Crippen LogP contribution < -0.4 is 10.5 Å².